The van der Waals surface area contributed by atoms with Gasteiger partial charge in [-0.1, -0.05) is 52.9 Å². The van der Waals surface area contributed by atoms with E-state index in [4.69, 9.17) is 4.74 Å². The zero-order chi connectivity index (χ0) is 16.1. The molecule has 1 N–H and O–H groups in total. The second kappa shape index (κ2) is 7.94. The van der Waals surface area contributed by atoms with Crippen LogP contribution in [0.3, 0.4) is 0 Å². The van der Waals surface area contributed by atoms with Crippen molar-refractivity contribution in [3.05, 3.63) is 28.7 Å². The number of rotatable bonds is 6. The molecule has 0 saturated heterocycles. The molecule has 1 unspecified atom stereocenters. The summed E-state index contributed by atoms with van der Waals surface area (Å²) in [5.41, 5.74) is 0. The van der Waals surface area contributed by atoms with E-state index in [0.717, 1.165) is 8.81 Å². The molecule has 1 atom stereocenters. The first-order valence-corrected chi connectivity index (χ1v) is 9.16. The summed E-state index contributed by atoms with van der Waals surface area (Å²) >= 11 is 6.33. The van der Waals surface area contributed by atoms with Crippen molar-refractivity contribution in [2.24, 2.45) is 0 Å². The minimum absolute atomic E-state index is 0.250. The van der Waals surface area contributed by atoms with Crippen LogP contribution in [0.4, 0.5) is 5.13 Å². The first-order chi connectivity index (χ1) is 10.4. The van der Waals surface area contributed by atoms with Crippen LogP contribution in [0.5, 0.6) is 5.75 Å². The number of carbonyl (C=O) groups is 1. The molecule has 0 fully saturated rings. The first-order valence-electron chi connectivity index (χ1n) is 6.67. The van der Waals surface area contributed by atoms with Crippen LogP contribution in [-0.2, 0) is 4.79 Å². The van der Waals surface area contributed by atoms with Crippen molar-refractivity contribution in [3.63, 3.8) is 0 Å². The number of hydrogen-bond donors (Lipinski definition) is 1. The second-order valence-corrected chi connectivity index (χ2v) is 8.46. The molecule has 8 heteroatoms. The van der Waals surface area contributed by atoms with Gasteiger partial charge in [-0.05, 0) is 31.2 Å². The topological polar surface area (TPSA) is 64.1 Å². The SMILES string of the molecule is CC(C)Sc1nnc(NC(=O)C(C)Oc2ccc(Br)cc2)s1. The van der Waals surface area contributed by atoms with Gasteiger partial charge in [0.25, 0.3) is 5.91 Å². The summed E-state index contributed by atoms with van der Waals surface area (Å²) in [5.74, 6) is 0.388. The highest BCUT2D eigenvalue weighted by Crippen LogP contribution is 2.28. The summed E-state index contributed by atoms with van der Waals surface area (Å²) in [4.78, 5) is 12.1. The van der Waals surface area contributed by atoms with E-state index in [1.165, 1.54) is 11.3 Å². The lowest BCUT2D eigenvalue weighted by Gasteiger charge is -2.13. The maximum absolute atomic E-state index is 12.1. The first kappa shape index (κ1) is 17.2. The van der Waals surface area contributed by atoms with Gasteiger partial charge in [0.15, 0.2) is 10.4 Å². The van der Waals surface area contributed by atoms with Crippen molar-refractivity contribution in [1.29, 1.82) is 0 Å². The molecule has 118 valence electrons. The van der Waals surface area contributed by atoms with Crippen molar-refractivity contribution >= 4 is 50.1 Å². The quantitative estimate of drug-likeness (QED) is 0.579. The molecule has 1 aromatic heterocycles. The lowest BCUT2D eigenvalue weighted by molar-refractivity contribution is -0.122. The summed E-state index contributed by atoms with van der Waals surface area (Å²) in [6.45, 7) is 5.86. The Hall–Kier alpha value is -1.12. The van der Waals surface area contributed by atoms with Crippen LogP contribution in [0.1, 0.15) is 20.8 Å². The van der Waals surface area contributed by atoms with Crippen molar-refractivity contribution in [2.45, 2.75) is 36.5 Å². The molecular formula is C14H16BrN3O2S2. The monoisotopic (exact) mass is 401 g/mol. The number of hydrogen-bond acceptors (Lipinski definition) is 6. The van der Waals surface area contributed by atoms with Crippen molar-refractivity contribution in [1.82, 2.24) is 10.2 Å². The number of benzene rings is 1. The number of carbonyl (C=O) groups excluding carboxylic acids is 1. The van der Waals surface area contributed by atoms with E-state index in [2.05, 4.69) is 45.3 Å². The summed E-state index contributed by atoms with van der Waals surface area (Å²) < 4.78 is 7.39. The molecular weight excluding hydrogens is 386 g/mol. The van der Waals surface area contributed by atoms with E-state index in [0.29, 0.717) is 16.1 Å². The van der Waals surface area contributed by atoms with Crippen molar-refractivity contribution < 1.29 is 9.53 Å². The fourth-order valence-corrected chi connectivity index (χ4v) is 3.73. The Balaban J connectivity index is 1.90. The predicted molar refractivity (Wildman–Crippen MR) is 93.8 cm³/mol. The molecule has 1 amide bonds. The van der Waals surface area contributed by atoms with E-state index in [1.54, 1.807) is 30.8 Å². The van der Waals surface area contributed by atoms with Crippen LogP contribution in [0, 0.1) is 0 Å². The fourth-order valence-electron chi connectivity index (χ4n) is 1.49. The zero-order valence-corrected chi connectivity index (χ0v) is 15.6. The minimum atomic E-state index is -0.619. The summed E-state index contributed by atoms with van der Waals surface area (Å²) in [5, 5.41) is 11.6. The summed E-state index contributed by atoms with van der Waals surface area (Å²) in [7, 11) is 0. The van der Waals surface area contributed by atoms with Gasteiger partial charge in [-0.2, -0.15) is 0 Å². The van der Waals surface area contributed by atoms with Crippen LogP contribution in [-0.4, -0.2) is 27.5 Å². The number of anilines is 1. The largest absolute Gasteiger partial charge is 0.481 e. The van der Waals surface area contributed by atoms with Crippen LogP contribution < -0.4 is 10.1 Å². The van der Waals surface area contributed by atoms with Gasteiger partial charge in [-0.3, -0.25) is 10.1 Å². The van der Waals surface area contributed by atoms with Gasteiger partial charge in [0.05, 0.1) is 0 Å². The van der Waals surface area contributed by atoms with Crippen LogP contribution in [0.15, 0.2) is 33.1 Å². The van der Waals surface area contributed by atoms with Gasteiger partial charge in [-0.25, -0.2) is 0 Å². The summed E-state index contributed by atoms with van der Waals surface area (Å²) in [6, 6.07) is 7.33. The maximum Gasteiger partial charge on any atom is 0.266 e. The van der Waals surface area contributed by atoms with Crippen LogP contribution >= 0.6 is 39.0 Å². The number of ether oxygens (including phenoxy) is 1. The highest BCUT2D eigenvalue weighted by molar-refractivity contribution is 9.10. The molecule has 0 spiro atoms. The molecule has 1 heterocycles. The summed E-state index contributed by atoms with van der Waals surface area (Å²) in [6.07, 6.45) is -0.619. The van der Waals surface area contributed by atoms with Gasteiger partial charge >= 0.3 is 0 Å². The standard InChI is InChI=1S/C14H16BrN3O2S2/c1-8(2)21-14-18-17-13(22-14)16-12(19)9(3)20-11-6-4-10(15)5-7-11/h4-9H,1-3H3,(H,16,17,19). The molecule has 2 aromatic rings. The van der Waals surface area contributed by atoms with Crippen LogP contribution in [0.25, 0.3) is 0 Å². The van der Waals surface area contributed by atoms with E-state index in [9.17, 15) is 4.79 Å². The van der Waals surface area contributed by atoms with Gasteiger partial charge in [-0.15, -0.1) is 10.2 Å². The number of amides is 1. The van der Waals surface area contributed by atoms with Gasteiger partial charge < -0.3 is 4.74 Å². The highest BCUT2D eigenvalue weighted by Gasteiger charge is 2.17. The predicted octanol–water partition coefficient (Wildman–Crippen LogP) is 4.21. The Morgan fingerprint density at radius 3 is 2.59 bits per heavy atom. The van der Waals surface area contributed by atoms with Gasteiger partial charge in [0.2, 0.25) is 5.13 Å². The number of thioether (sulfide) groups is 1. The molecule has 0 aliphatic heterocycles. The third-order valence-corrected chi connectivity index (χ3v) is 4.92. The second-order valence-electron chi connectivity index (χ2n) is 4.74. The third-order valence-electron chi connectivity index (χ3n) is 2.47. The molecule has 5 nitrogen and oxygen atoms in total. The van der Waals surface area contributed by atoms with E-state index in [-0.39, 0.29) is 5.91 Å². The number of halogens is 1. The Morgan fingerprint density at radius 1 is 1.27 bits per heavy atom. The van der Waals surface area contributed by atoms with E-state index < -0.39 is 6.10 Å². The molecule has 0 aliphatic carbocycles. The molecule has 0 bridgehead atoms. The lowest BCUT2D eigenvalue weighted by Crippen LogP contribution is -2.30. The molecule has 0 aliphatic rings. The molecule has 0 saturated carbocycles. The lowest BCUT2D eigenvalue weighted by atomic mass is 10.3. The zero-order valence-electron chi connectivity index (χ0n) is 12.4. The van der Waals surface area contributed by atoms with Crippen molar-refractivity contribution in [2.75, 3.05) is 5.32 Å². The Kier molecular flexibility index (Phi) is 6.22. The average molecular weight is 402 g/mol. The van der Waals surface area contributed by atoms with Crippen molar-refractivity contribution in [3.8, 4) is 5.75 Å². The Labute approximate surface area is 146 Å². The fraction of sp³-hybridized carbons (Fsp3) is 0.357. The molecule has 1 aromatic carbocycles. The Bertz CT molecular complexity index is 631. The number of aromatic nitrogens is 2. The maximum atomic E-state index is 12.1. The molecule has 0 radical (unpaired) electrons. The highest BCUT2D eigenvalue weighted by atomic mass is 79.9. The van der Waals surface area contributed by atoms with Crippen LogP contribution in [0.2, 0.25) is 0 Å². The van der Waals surface area contributed by atoms with E-state index >= 15 is 0 Å². The van der Waals surface area contributed by atoms with E-state index in [1.807, 2.05) is 12.1 Å². The Morgan fingerprint density at radius 2 is 1.95 bits per heavy atom. The normalized spacial score (nSPS) is 12.2. The molecule has 22 heavy (non-hydrogen) atoms. The number of nitrogens with one attached hydrogen (secondary N) is 1. The van der Waals surface area contributed by atoms with Gasteiger partial charge in [0.1, 0.15) is 5.75 Å². The smallest absolute Gasteiger partial charge is 0.266 e. The third kappa shape index (κ3) is 5.26. The van der Waals surface area contributed by atoms with Gasteiger partial charge in [0, 0.05) is 9.72 Å². The number of nitrogens with zero attached hydrogens (tertiary/aromatic N) is 2. The average Bonchev–Trinajstić information content (AvgIpc) is 2.87. The molecule has 2 rings (SSSR count). The minimum Gasteiger partial charge on any atom is -0.481 e.